The molecule has 0 heterocycles. The van der Waals surface area contributed by atoms with Crippen LogP contribution in [0.3, 0.4) is 0 Å². The highest BCUT2D eigenvalue weighted by Crippen LogP contribution is 2.02. The van der Waals surface area contributed by atoms with Crippen molar-refractivity contribution in [2.75, 3.05) is 13.6 Å². The highest BCUT2D eigenvalue weighted by Gasteiger charge is 2.00. The number of carbonyl (C=O) groups excluding carboxylic acids is 1. The van der Waals surface area contributed by atoms with Crippen LogP contribution in [-0.4, -0.2) is 19.5 Å². The van der Waals surface area contributed by atoms with Crippen molar-refractivity contribution >= 4 is 5.91 Å². The van der Waals surface area contributed by atoms with Crippen LogP contribution in [0.1, 0.15) is 15.9 Å². The predicted molar refractivity (Wildman–Crippen MR) is 58.9 cm³/mol. The van der Waals surface area contributed by atoms with E-state index in [1.54, 1.807) is 24.3 Å². The lowest BCUT2D eigenvalue weighted by Gasteiger charge is -1.98. The van der Waals surface area contributed by atoms with Crippen molar-refractivity contribution in [3.8, 4) is 11.8 Å². The molecule has 0 aromatic heterocycles. The molecule has 15 heavy (non-hydrogen) atoms. The first-order valence-corrected chi connectivity index (χ1v) is 4.52. The summed E-state index contributed by atoms with van der Waals surface area (Å²) >= 11 is 0. The highest BCUT2D eigenvalue weighted by atomic mass is 16.2. The van der Waals surface area contributed by atoms with Gasteiger partial charge in [0.1, 0.15) is 0 Å². The molecule has 78 valence electrons. The largest absolute Gasteiger partial charge is 0.309 e. The number of hydrogen-bond acceptors (Lipinski definition) is 3. The summed E-state index contributed by atoms with van der Waals surface area (Å²) in [6.45, 7) is 0.644. The molecule has 4 nitrogen and oxygen atoms in total. The highest BCUT2D eigenvalue weighted by molar-refractivity contribution is 5.93. The molecule has 0 saturated carbocycles. The lowest BCUT2D eigenvalue weighted by molar-refractivity contribution is 0.0953. The van der Waals surface area contributed by atoms with E-state index in [1.165, 1.54) is 0 Å². The van der Waals surface area contributed by atoms with E-state index in [0.717, 1.165) is 5.56 Å². The molecule has 0 atom stereocenters. The molecule has 1 aromatic carbocycles. The number of nitrogens with two attached hydrogens (primary N) is 1. The standard InChI is InChI=1S/C11H13N3O/c1-13-8-2-3-9-4-6-10(7-5-9)11(15)14-12/h4-7,13H,8,12H2,1H3,(H,14,15). The molecule has 4 heteroatoms. The topological polar surface area (TPSA) is 67.2 Å². The minimum Gasteiger partial charge on any atom is -0.309 e. The van der Waals surface area contributed by atoms with Gasteiger partial charge in [0.05, 0.1) is 6.54 Å². The summed E-state index contributed by atoms with van der Waals surface area (Å²) in [6, 6.07) is 6.94. The lowest BCUT2D eigenvalue weighted by atomic mass is 10.1. The van der Waals surface area contributed by atoms with Crippen LogP contribution in [0.4, 0.5) is 0 Å². The summed E-state index contributed by atoms with van der Waals surface area (Å²) in [5, 5.41) is 2.92. The van der Waals surface area contributed by atoms with Crippen LogP contribution < -0.4 is 16.6 Å². The van der Waals surface area contributed by atoms with Crippen molar-refractivity contribution < 1.29 is 4.79 Å². The molecule has 1 rings (SSSR count). The van der Waals surface area contributed by atoms with Crippen LogP contribution in [0.25, 0.3) is 0 Å². The maximum atomic E-state index is 11.1. The number of rotatable bonds is 2. The van der Waals surface area contributed by atoms with E-state index in [2.05, 4.69) is 22.6 Å². The number of hydrazine groups is 1. The first kappa shape index (κ1) is 11.2. The number of hydrogen-bond donors (Lipinski definition) is 3. The van der Waals surface area contributed by atoms with Gasteiger partial charge in [-0.3, -0.25) is 10.2 Å². The van der Waals surface area contributed by atoms with Crippen LogP contribution in [0.5, 0.6) is 0 Å². The zero-order valence-corrected chi connectivity index (χ0v) is 8.50. The molecule has 1 amide bonds. The van der Waals surface area contributed by atoms with Gasteiger partial charge in [-0.15, -0.1) is 0 Å². The average Bonchev–Trinajstić information content (AvgIpc) is 2.29. The maximum Gasteiger partial charge on any atom is 0.265 e. The predicted octanol–water partition coefficient (Wildman–Crippen LogP) is -0.139. The van der Waals surface area contributed by atoms with Crippen molar-refractivity contribution in [2.45, 2.75) is 0 Å². The van der Waals surface area contributed by atoms with Gasteiger partial charge in [0.15, 0.2) is 0 Å². The van der Waals surface area contributed by atoms with Gasteiger partial charge in [-0.1, -0.05) is 11.8 Å². The van der Waals surface area contributed by atoms with Crippen molar-refractivity contribution in [1.29, 1.82) is 0 Å². The SMILES string of the molecule is CNCC#Cc1ccc(C(=O)NN)cc1. The second-order valence-electron chi connectivity index (χ2n) is 2.88. The third-order valence-electron chi connectivity index (χ3n) is 1.78. The van der Waals surface area contributed by atoms with Crippen LogP contribution >= 0.6 is 0 Å². The first-order chi connectivity index (χ1) is 7.27. The maximum absolute atomic E-state index is 11.1. The molecular formula is C11H13N3O. The van der Waals surface area contributed by atoms with Gasteiger partial charge < -0.3 is 5.32 Å². The molecule has 0 bridgehead atoms. The van der Waals surface area contributed by atoms with Gasteiger partial charge in [0, 0.05) is 11.1 Å². The molecule has 0 aliphatic rings. The minimum absolute atomic E-state index is 0.301. The van der Waals surface area contributed by atoms with Gasteiger partial charge in [0.2, 0.25) is 0 Å². The zero-order chi connectivity index (χ0) is 11.1. The second-order valence-corrected chi connectivity index (χ2v) is 2.88. The Hall–Kier alpha value is -1.83. The summed E-state index contributed by atoms with van der Waals surface area (Å²) in [6.07, 6.45) is 0. The lowest BCUT2D eigenvalue weighted by Crippen LogP contribution is -2.29. The molecule has 0 radical (unpaired) electrons. The van der Waals surface area contributed by atoms with E-state index in [4.69, 9.17) is 5.84 Å². The Morgan fingerprint density at radius 2 is 2.07 bits per heavy atom. The average molecular weight is 203 g/mol. The normalized spacial score (nSPS) is 8.93. The first-order valence-electron chi connectivity index (χ1n) is 4.52. The number of nitrogen functional groups attached to an aromatic ring is 1. The smallest absolute Gasteiger partial charge is 0.265 e. The molecule has 0 aliphatic heterocycles. The third-order valence-corrected chi connectivity index (χ3v) is 1.78. The van der Waals surface area contributed by atoms with Crippen LogP contribution in [0.15, 0.2) is 24.3 Å². The number of benzene rings is 1. The summed E-state index contributed by atoms with van der Waals surface area (Å²) in [7, 11) is 1.84. The van der Waals surface area contributed by atoms with Crippen molar-refractivity contribution in [1.82, 2.24) is 10.7 Å². The third kappa shape index (κ3) is 3.43. The van der Waals surface area contributed by atoms with Crippen molar-refractivity contribution in [2.24, 2.45) is 5.84 Å². The van der Waals surface area contributed by atoms with Crippen LogP contribution in [0, 0.1) is 11.8 Å². The Morgan fingerprint density at radius 3 is 2.60 bits per heavy atom. The van der Waals surface area contributed by atoms with Gasteiger partial charge in [-0.25, -0.2) is 5.84 Å². The fraction of sp³-hybridized carbons (Fsp3) is 0.182. The van der Waals surface area contributed by atoms with E-state index >= 15 is 0 Å². The zero-order valence-electron chi connectivity index (χ0n) is 8.50. The van der Waals surface area contributed by atoms with Gasteiger partial charge in [-0.2, -0.15) is 0 Å². The van der Waals surface area contributed by atoms with Crippen molar-refractivity contribution in [3.63, 3.8) is 0 Å². The summed E-state index contributed by atoms with van der Waals surface area (Å²) in [5.74, 6) is 10.6. The summed E-state index contributed by atoms with van der Waals surface area (Å²) < 4.78 is 0. The Bertz CT molecular complexity index is 387. The molecule has 0 saturated heterocycles. The van der Waals surface area contributed by atoms with E-state index < -0.39 is 0 Å². The van der Waals surface area contributed by atoms with E-state index in [0.29, 0.717) is 12.1 Å². The molecule has 0 aliphatic carbocycles. The Balaban J connectivity index is 2.73. The minimum atomic E-state index is -0.301. The van der Waals surface area contributed by atoms with E-state index in [1.807, 2.05) is 7.05 Å². The van der Waals surface area contributed by atoms with E-state index in [9.17, 15) is 4.79 Å². The quantitative estimate of drug-likeness (QED) is 0.271. The Kier molecular flexibility index (Phi) is 4.35. The van der Waals surface area contributed by atoms with Gasteiger partial charge in [-0.05, 0) is 31.3 Å². The molecule has 0 fully saturated rings. The molecule has 1 aromatic rings. The fourth-order valence-corrected chi connectivity index (χ4v) is 1.02. The number of nitrogens with one attached hydrogen (secondary N) is 2. The summed E-state index contributed by atoms with van der Waals surface area (Å²) in [4.78, 5) is 11.1. The number of carbonyl (C=O) groups is 1. The van der Waals surface area contributed by atoms with Gasteiger partial charge in [0.25, 0.3) is 5.91 Å². The molecular weight excluding hydrogens is 190 g/mol. The molecule has 0 spiro atoms. The van der Waals surface area contributed by atoms with Crippen LogP contribution in [0.2, 0.25) is 0 Å². The second kappa shape index (κ2) is 5.81. The van der Waals surface area contributed by atoms with E-state index in [-0.39, 0.29) is 5.91 Å². The van der Waals surface area contributed by atoms with Crippen molar-refractivity contribution in [3.05, 3.63) is 35.4 Å². The summed E-state index contributed by atoms with van der Waals surface area (Å²) in [5.41, 5.74) is 3.47. The Labute approximate surface area is 88.8 Å². The molecule has 0 unspecified atom stereocenters. The fourth-order valence-electron chi connectivity index (χ4n) is 1.02. The number of amides is 1. The Morgan fingerprint density at radius 1 is 1.40 bits per heavy atom. The monoisotopic (exact) mass is 203 g/mol. The molecule has 4 N–H and O–H groups in total. The van der Waals surface area contributed by atoms with Gasteiger partial charge >= 0.3 is 0 Å². The van der Waals surface area contributed by atoms with Crippen LogP contribution in [-0.2, 0) is 0 Å².